The normalized spacial score (nSPS) is 16.7. The first-order valence-electron chi connectivity index (χ1n) is 9.49. The molecule has 144 valence electrons. The Labute approximate surface area is 164 Å². The van der Waals surface area contributed by atoms with E-state index < -0.39 is 8.24 Å². The molecule has 1 aliphatic carbocycles. The zero-order valence-corrected chi connectivity index (χ0v) is 18.5. The molecule has 3 nitrogen and oxygen atoms in total. The van der Waals surface area contributed by atoms with E-state index in [9.17, 15) is 0 Å². The average molecular weight is 382 g/mol. The summed E-state index contributed by atoms with van der Waals surface area (Å²) in [5.41, 5.74) is 5.55. The summed E-state index contributed by atoms with van der Waals surface area (Å²) in [5.74, 6) is 1.58. The third-order valence-corrected chi connectivity index (χ3v) is 8.50. The lowest BCUT2D eigenvalue weighted by Gasteiger charge is -2.37. The number of rotatable bonds is 5. The second kappa shape index (κ2) is 7.17. The Morgan fingerprint density at radius 3 is 2.07 bits per heavy atom. The number of hydrogen-bond acceptors (Lipinski definition) is 3. The first-order valence-corrected chi connectivity index (χ1v) is 12.6. The lowest BCUT2D eigenvalue weighted by molar-refractivity contribution is 0.354. The van der Waals surface area contributed by atoms with Gasteiger partial charge in [0.15, 0.2) is 11.5 Å². The van der Waals surface area contributed by atoms with Gasteiger partial charge in [-0.2, -0.15) is 0 Å². The van der Waals surface area contributed by atoms with Gasteiger partial charge in [-0.1, -0.05) is 49.5 Å². The standard InChI is InChI=1S/C23H31NO2Si/c1-23(2,3)24-27(6,7)22-15-17(16-11-9-8-10-12-16)18-13-20(25-4)21(26-5)14-19(18)22/h8-15,22,24H,1-7H3. The van der Waals surface area contributed by atoms with Crippen LogP contribution in [0.3, 0.4) is 0 Å². The first-order chi connectivity index (χ1) is 12.7. The molecule has 0 fully saturated rings. The van der Waals surface area contributed by atoms with Crippen LogP contribution >= 0.6 is 0 Å². The summed E-state index contributed by atoms with van der Waals surface area (Å²) in [5, 5.41) is 0. The van der Waals surface area contributed by atoms with Crippen LogP contribution in [0.4, 0.5) is 0 Å². The molecule has 0 saturated heterocycles. The molecule has 0 heterocycles. The Bertz CT molecular complexity index is 851. The van der Waals surface area contributed by atoms with Crippen molar-refractivity contribution in [1.29, 1.82) is 0 Å². The number of methoxy groups -OCH3 is 2. The molecule has 27 heavy (non-hydrogen) atoms. The van der Waals surface area contributed by atoms with E-state index in [2.05, 4.69) is 87.4 Å². The fourth-order valence-corrected chi connectivity index (χ4v) is 7.93. The highest BCUT2D eigenvalue weighted by molar-refractivity contribution is 6.77. The minimum atomic E-state index is -1.82. The van der Waals surface area contributed by atoms with Gasteiger partial charge in [0.25, 0.3) is 0 Å². The van der Waals surface area contributed by atoms with Crippen LogP contribution in [-0.2, 0) is 0 Å². The van der Waals surface area contributed by atoms with E-state index in [1.54, 1.807) is 14.2 Å². The lowest BCUT2D eigenvalue weighted by atomic mass is 9.98. The van der Waals surface area contributed by atoms with Gasteiger partial charge in [-0.15, -0.1) is 0 Å². The summed E-state index contributed by atoms with van der Waals surface area (Å²) in [6, 6.07) is 14.9. The quantitative estimate of drug-likeness (QED) is 0.707. The molecular formula is C23H31NO2Si. The molecule has 0 saturated carbocycles. The van der Waals surface area contributed by atoms with E-state index in [4.69, 9.17) is 9.47 Å². The third kappa shape index (κ3) is 3.97. The first kappa shape index (κ1) is 19.7. The van der Waals surface area contributed by atoms with Crippen LogP contribution in [0.2, 0.25) is 13.1 Å². The van der Waals surface area contributed by atoms with Gasteiger partial charge in [0, 0.05) is 11.1 Å². The molecule has 1 N–H and O–H groups in total. The molecule has 0 amide bonds. The second-order valence-electron chi connectivity index (χ2n) is 8.82. The molecular weight excluding hydrogens is 350 g/mol. The molecule has 0 spiro atoms. The van der Waals surface area contributed by atoms with Crippen molar-refractivity contribution in [2.45, 2.75) is 44.9 Å². The number of fused-ring (bicyclic) bond motifs is 1. The molecule has 2 aromatic carbocycles. The van der Waals surface area contributed by atoms with E-state index in [-0.39, 0.29) is 5.54 Å². The predicted octanol–water partition coefficient (Wildman–Crippen LogP) is 5.37. The molecule has 0 aromatic heterocycles. The van der Waals surface area contributed by atoms with Gasteiger partial charge in [0.2, 0.25) is 0 Å². The minimum absolute atomic E-state index is 0.0791. The van der Waals surface area contributed by atoms with Crippen molar-refractivity contribution in [1.82, 2.24) is 4.98 Å². The Morgan fingerprint density at radius 2 is 1.52 bits per heavy atom. The van der Waals surface area contributed by atoms with Crippen LogP contribution in [0.1, 0.15) is 43.0 Å². The number of nitrogens with one attached hydrogen (secondary N) is 1. The molecule has 1 atom stereocenters. The van der Waals surface area contributed by atoms with Gasteiger partial charge < -0.3 is 14.5 Å². The maximum Gasteiger partial charge on any atom is 0.161 e. The Kier molecular flexibility index (Phi) is 5.24. The average Bonchev–Trinajstić information content (AvgIpc) is 2.98. The fourth-order valence-electron chi connectivity index (χ4n) is 4.24. The van der Waals surface area contributed by atoms with Gasteiger partial charge in [-0.25, -0.2) is 0 Å². The van der Waals surface area contributed by atoms with Crippen molar-refractivity contribution < 1.29 is 9.47 Å². The van der Waals surface area contributed by atoms with Gasteiger partial charge in [0.05, 0.1) is 14.2 Å². The monoisotopic (exact) mass is 381 g/mol. The van der Waals surface area contributed by atoms with Crippen molar-refractivity contribution in [3.05, 3.63) is 65.2 Å². The summed E-state index contributed by atoms with van der Waals surface area (Å²) in [4.78, 5) is 3.94. The fraction of sp³-hybridized carbons (Fsp3) is 0.391. The molecule has 4 heteroatoms. The van der Waals surface area contributed by atoms with Crippen LogP contribution in [0, 0.1) is 0 Å². The largest absolute Gasteiger partial charge is 0.493 e. The highest BCUT2D eigenvalue weighted by atomic mass is 28.3. The van der Waals surface area contributed by atoms with Crippen LogP contribution in [0.25, 0.3) is 5.57 Å². The Balaban J connectivity index is 2.18. The number of hydrogen-bond donors (Lipinski definition) is 1. The topological polar surface area (TPSA) is 30.5 Å². The summed E-state index contributed by atoms with van der Waals surface area (Å²) in [6.07, 6.45) is 2.45. The third-order valence-electron chi connectivity index (χ3n) is 5.07. The van der Waals surface area contributed by atoms with Crippen LogP contribution in [-0.4, -0.2) is 28.0 Å². The van der Waals surface area contributed by atoms with E-state index in [0.717, 1.165) is 11.5 Å². The zero-order chi connectivity index (χ0) is 19.8. The van der Waals surface area contributed by atoms with Gasteiger partial charge in [0.1, 0.15) is 8.24 Å². The van der Waals surface area contributed by atoms with E-state index in [1.807, 2.05) is 0 Å². The lowest BCUT2D eigenvalue weighted by Crippen LogP contribution is -2.57. The number of allylic oxidation sites excluding steroid dienone is 1. The highest BCUT2D eigenvalue weighted by Crippen LogP contribution is 2.47. The van der Waals surface area contributed by atoms with Crippen molar-refractivity contribution in [2.75, 3.05) is 14.2 Å². The SMILES string of the molecule is COc1cc2c(cc1OC)C([Si](C)(C)NC(C)(C)C)C=C2c1ccccc1. The zero-order valence-electron chi connectivity index (χ0n) is 17.5. The maximum atomic E-state index is 5.61. The molecule has 0 radical (unpaired) electrons. The number of ether oxygens (including phenoxy) is 2. The smallest absolute Gasteiger partial charge is 0.161 e. The maximum absolute atomic E-state index is 5.61. The van der Waals surface area contributed by atoms with Crippen molar-refractivity contribution >= 4 is 13.8 Å². The van der Waals surface area contributed by atoms with E-state index >= 15 is 0 Å². The summed E-state index contributed by atoms with van der Waals surface area (Å²) >= 11 is 0. The van der Waals surface area contributed by atoms with E-state index in [0.29, 0.717) is 5.54 Å². The van der Waals surface area contributed by atoms with Gasteiger partial charge in [-0.3, -0.25) is 0 Å². The highest BCUT2D eigenvalue weighted by Gasteiger charge is 2.40. The van der Waals surface area contributed by atoms with Crippen molar-refractivity contribution in [2.24, 2.45) is 0 Å². The van der Waals surface area contributed by atoms with Crippen molar-refractivity contribution in [3.63, 3.8) is 0 Å². The van der Waals surface area contributed by atoms with E-state index in [1.165, 1.54) is 22.3 Å². The van der Waals surface area contributed by atoms with Crippen molar-refractivity contribution in [3.8, 4) is 11.5 Å². The molecule has 1 aliphatic rings. The molecule has 3 rings (SSSR count). The Morgan fingerprint density at radius 1 is 0.926 bits per heavy atom. The van der Waals surface area contributed by atoms with Crippen LogP contribution < -0.4 is 14.5 Å². The summed E-state index contributed by atoms with van der Waals surface area (Å²) in [6.45, 7) is 11.6. The molecule has 0 aliphatic heterocycles. The molecule has 1 unspecified atom stereocenters. The second-order valence-corrected chi connectivity index (χ2v) is 13.1. The summed E-state index contributed by atoms with van der Waals surface area (Å²) < 4.78 is 11.2. The minimum Gasteiger partial charge on any atom is -0.493 e. The van der Waals surface area contributed by atoms with Gasteiger partial charge >= 0.3 is 0 Å². The van der Waals surface area contributed by atoms with Gasteiger partial charge in [-0.05, 0) is 55.2 Å². The summed E-state index contributed by atoms with van der Waals surface area (Å²) in [7, 11) is 1.58. The predicted molar refractivity (Wildman–Crippen MR) is 116 cm³/mol. The molecule has 0 bridgehead atoms. The number of benzene rings is 2. The van der Waals surface area contributed by atoms with Crippen LogP contribution in [0.15, 0.2) is 48.5 Å². The van der Waals surface area contributed by atoms with Crippen LogP contribution in [0.5, 0.6) is 11.5 Å². The molecule has 2 aromatic rings. The Hall–Kier alpha value is -2.04.